The highest BCUT2D eigenvalue weighted by Gasteiger charge is 2.53. The van der Waals surface area contributed by atoms with Crippen LogP contribution in [0.15, 0.2) is 83.8 Å². The zero-order valence-electron chi connectivity index (χ0n) is 19.4. The van der Waals surface area contributed by atoms with Gasteiger partial charge in [0.2, 0.25) is 6.04 Å². The molecular formula is C26H26N2O6S. The number of para-hydroxylation sites is 1. The first-order chi connectivity index (χ1) is 16.8. The van der Waals surface area contributed by atoms with Crippen molar-refractivity contribution in [1.29, 1.82) is 0 Å². The van der Waals surface area contributed by atoms with Gasteiger partial charge in [0, 0.05) is 4.92 Å². The first kappa shape index (κ1) is 24.4. The highest BCUT2D eigenvalue weighted by molar-refractivity contribution is 7.92. The number of ether oxygens (including phenoxy) is 1. The number of carbonyl (C=O) groups excluding carboxylic acids is 1. The van der Waals surface area contributed by atoms with Crippen molar-refractivity contribution < 1.29 is 22.9 Å². The van der Waals surface area contributed by atoms with Crippen LogP contribution < -0.4 is 4.31 Å². The Morgan fingerprint density at radius 1 is 1.00 bits per heavy atom. The summed E-state index contributed by atoms with van der Waals surface area (Å²) in [6.07, 6.45) is -0.238. The number of benzene rings is 3. The molecule has 35 heavy (non-hydrogen) atoms. The minimum atomic E-state index is -4.21. The molecule has 0 fully saturated rings. The summed E-state index contributed by atoms with van der Waals surface area (Å²) < 4.78 is 34.4. The summed E-state index contributed by atoms with van der Waals surface area (Å²) in [5.41, 5.74) is 2.09. The molecule has 0 amide bonds. The highest BCUT2D eigenvalue weighted by atomic mass is 32.2. The molecule has 1 aliphatic rings. The first-order valence-corrected chi connectivity index (χ1v) is 12.7. The molecule has 0 aliphatic carbocycles. The molecular weight excluding hydrogens is 468 g/mol. The number of carbonyl (C=O) groups is 1. The molecule has 0 bridgehead atoms. The van der Waals surface area contributed by atoms with Crippen LogP contribution >= 0.6 is 0 Å². The fourth-order valence-electron chi connectivity index (χ4n) is 4.67. The smallest absolute Gasteiger partial charge is 0.306 e. The van der Waals surface area contributed by atoms with E-state index in [0.29, 0.717) is 16.8 Å². The SMILES string of the molecule is CCOC(=O)C[C@@H]1c2ccccc2N(S(=O)(=O)c2ccc(C)cc2)[C@H](c2ccccc2)[C@H]1[N+](=O)[O-]. The van der Waals surface area contributed by atoms with Crippen molar-refractivity contribution in [1.82, 2.24) is 0 Å². The highest BCUT2D eigenvalue weighted by Crippen LogP contribution is 2.49. The molecule has 9 heteroatoms. The van der Waals surface area contributed by atoms with Gasteiger partial charge in [-0.15, -0.1) is 0 Å². The van der Waals surface area contributed by atoms with Gasteiger partial charge in [-0.3, -0.25) is 19.2 Å². The molecule has 1 heterocycles. The molecule has 0 aromatic heterocycles. The van der Waals surface area contributed by atoms with E-state index in [1.54, 1.807) is 73.7 Å². The number of rotatable bonds is 7. The third kappa shape index (κ3) is 4.64. The van der Waals surface area contributed by atoms with Crippen LogP contribution in [0.1, 0.15) is 42.0 Å². The number of anilines is 1. The lowest BCUT2D eigenvalue weighted by atomic mass is 9.78. The normalized spacial score (nSPS) is 19.6. The van der Waals surface area contributed by atoms with Crippen LogP contribution in [0, 0.1) is 17.0 Å². The molecule has 0 spiro atoms. The molecule has 3 aromatic rings. The summed E-state index contributed by atoms with van der Waals surface area (Å²) in [5, 5.41) is 12.6. The van der Waals surface area contributed by atoms with Crippen LogP contribution in [0.2, 0.25) is 0 Å². The van der Waals surface area contributed by atoms with Gasteiger partial charge in [0.15, 0.2) is 0 Å². The van der Waals surface area contributed by atoms with E-state index in [1.807, 2.05) is 6.92 Å². The fraction of sp³-hybridized carbons (Fsp3) is 0.269. The third-order valence-electron chi connectivity index (χ3n) is 6.22. The summed E-state index contributed by atoms with van der Waals surface area (Å²) in [5.74, 6) is -1.45. The van der Waals surface area contributed by atoms with E-state index in [1.165, 1.54) is 12.1 Å². The molecule has 8 nitrogen and oxygen atoms in total. The van der Waals surface area contributed by atoms with Crippen molar-refractivity contribution in [3.63, 3.8) is 0 Å². The summed E-state index contributed by atoms with van der Waals surface area (Å²) in [7, 11) is -4.21. The Kier molecular flexibility index (Phi) is 6.88. The van der Waals surface area contributed by atoms with Gasteiger partial charge >= 0.3 is 5.97 Å². The third-order valence-corrected chi connectivity index (χ3v) is 8.03. The van der Waals surface area contributed by atoms with E-state index in [2.05, 4.69) is 0 Å². The van der Waals surface area contributed by atoms with E-state index in [4.69, 9.17) is 4.74 Å². The number of fused-ring (bicyclic) bond motifs is 1. The van der Waals surface area contributed by atoms with Gasteiger partial charge < -0.3 is 4.74 Å². The lowest BCUT2D eigenvalue weighted by molar-refractivity contribution is -0.531. The largest absolute Gasteiger partial charge is 0.466 e. The number of hydrogen-bond donors (Lipinski definition) is 0. The summed E-state index contributed by atoms with van der Waals surface area (Å²) in [6, 6.07) is 19.0. The van der Waals surface area contributed by atoms with E-state index >= 15 is 0 Å². The molecule has 0 N–H and O–H groups in total. The molecule has 1 aliphatic heterocycles. The predicted molar refractivity (Wildman–Crippen MR) is 131 cm³/mol. The van der Waals surface area contributed by atoms with Gasteiger partial charge in [-0.1, -0.05) is 66.2 Å². The van der Waals surface area contributed by atoms with Crippen molar-refractivity contribution in [3.05, 3.63) is 106 Å². The van der Waals surface area contributed by atoms with Crippen LogP contribution in [0.25, 0.3) is 0 Å². The summed E-state index contributed by atoms with van der Waals surface area (Å²) in [4.78, 5) is 24.6. The van der Waals surface area contributed by atoms with Gasteiger partial charge in [0.05, 0.1) is 29.5 Å². The molecule has 0 saturated carbocycles. The monoisotopic (exact) mass is 494 g/mol. The molecule has 3 aromatic carbocycles. The Morgan fingerprint density at radius 2 is 1.63 bits per heavy atom. The second-order valence-electron chi connectivity index (χ2n) is 8.42. The Labute approximate surface area is 204 Å². The summed E-state index contributed by atoms with van der Waals surface area (Å²) >= 11 is 0. The second-order valence-corrected chi connectivity index (χ2v) is 10.2. The van der Waals surface area contributed by atoms with Crippen molar-refractivity contribution in [2.24, 2.45) is 0 Å². The van der Waals surface area contributed by atoms with Gasteiger partial charge in [0.25, 0.3) is 10.0 Å². The minimum Gasteiger partial charge on any atom is -0.466 e. The molecule has 0 saturated heterocycles. The second kappa shape index (κ2) is 9.87. The molecule has 4 rings (SSSR count). The summed E-state index contributed by atoms with van der Waals surface area (Å²) in [6.45, 7) is 3.66. The van der Waals surface area contributed by atoms with Gasteiger partial charge in [0.1, 0.15) is 6.04 Å². The Balaban J connectivity index is 1.99. The zero-order valence-corrected chi connectivity index (χ0v) is 20.2. The van der Waals surface area contributed by atoms with Gasteiger partial charge in [-0.05, 0) is 43.2 Å². The fourth-order valence-corrected chi connectivity index (χ4v) is 6.35. The number of esters is 1. The standard InChI is InChI=1S/C26H26N2O6S/c1-3-34-24(29)17-22-21-11-7-8-12-23(21)27(35(32,33)20-15-13-18(2)14-16-20)25(26(22)28(30)31)19-9-5-4-6-10-19/h4-16,22,25-26H,3,17H2,1-2H3/t22-,25-,26+/m1/s1. The molecule has 3 atom stereocenters. The lowest BCUT2D eigenvalue weighted by Crippen LogP contribution is -2.50. The average Bonchev–Trinajstić information content (AvgIpc) is 2.84. The maximum Gasteiger partial charge on any atom is 0.306 e. The topological polar surface area (TPSA) is 107 Å². The van der Waals surface area contributed by atoms with Gasteiger partial charge in [-0.25, -0.2) is 8.42 Å². The van der Waals surface area contributed by atoms with E-state index < -0.39 is 38.9 Å². The molecule has 0 radical (unpaired) electrons. The maximum atomic E-state index is 14.1. The van der Waals surface area contributed by atoms with E-state index in [0.717, 1.165) is 9.87 Å². The van der Waals surface area contributed by atoms with E-state index in [9.17, 15) is 23.3 Å². The van der Waals surface area contributed by atoms with Crippen molar-refractivity contribution in [3.8, 4) is 0 Å². The van der Waals surface area contributed by atoms with Crippen LogP contribution in [0.4, 0.5) is 5.69 Å². The Hall–Kier alpha value is -3.72. The van der Waals surface area contributed by atoms with Crippen molar-refractivity contribution in [2.75, 3.05) is 10.9 Å². The van der Waals surface area contributed by atoms with Crippen LogP contribution in [-0.2, 0) is 19.6 Å². The predicted octanol–water partition coefficient (Wildman–Crippen LogP) is 4.63. The number of nitrogens with zero attached hydrogens (tertiary/aromatic N) is 2. The number of nitro groups is 1. The molecule has 182 valence electrons. The van der Waals surface area contributed by atoms with Crippen LogP contribution in [0.5, 0.6) is 0 Å². The minimum absolute atomic E-state index is 0.0322. The lowest BCUT2D eigenvalue weighted by Gasteiger charge is -2.42. The van der Waals surface area contributed by atoms with Crippen LogP contribution in [-0.4, -0.2) is 32.0 Å². The van der Waals surface area contributed by atoms with Crippen LogP contribution in [0.3, 0.4) is 0 Å². The first-order valence-electron chi connectivity index (χ1n) is 11.3. The van der Waals surface area contributed by atoms with E-state index in [-0.39, 0.29) is 17.9 Å². The average molecular weight is 495 g/mol. The maximum absolute atomic E-state index is 14.1. The number of sulfonamides is 1. The quantitative estimate of drug-likeness (QED) is 0.269. The van der Waals surface area contributed by atoms with Gasteiger partial charge in [-0.2, -0.15) is 0 Å². The Bertz CT molecular complexity index is 1330. The molecule has 0 unspecified atom stereocenters. The van der Waals surface area contributed by atoms with Crippen molar-refractivity contribution in [2.45, 2.75) is 43.2 Å². The number of aryl methyl sites for hydroxylation is 1. The zero-order chi connectivity index (χ0) is 25.2. The van der Waals surface area contributed by atoms with Crippen molar-refractivity contribution >= 4 is 21.7 Å². The number of hydrogen-bond acceptors (Lipinski definition) is 6. The Morgan fingerprint density at radius 3 is 2.26 bits per heavy atom.